The van der Waals surface area contributed by atoms with Crippen molar-refractivity contribution >= 4 is 10.0 Å². The number of aromatic nitrogens is 2. The fraction of sp³-hybridized carbons (Fsp3) is 0.769. The fourth-order valence-electron chi connectivity index (χ4n) is 2.51. The van der Waals surface area contributed by atoms with Gasteiger partial charge in [0.25, 0.3) is 10.0 Å². The van der Waals surface area contributed by atoms with E-state index in [-0.39, 0.29) is 11.1 Å². The first kappa shape index (κ1) is 15.5. The maximum Gasteiger partial charge on any atom is 0.262 e. The number of rotatable bonds is 5. The van der Waals surface area contributed by atoms with E-state index in [0.717, 1.165) is 19.3 Å². The summed E-state index contributed by atoms with van der Waals surface area (Å²) in [4.78, 5) is 4.01. The van der Waals surface area contributed by atoms with Crippen LogP contribution in [0.2, 0.25) is 0 Å². The number of imidazole rings is 1. The smallest absolute Gasteiger partial charge is 0.262 e. The summed E-state index contributed by atoms with van der Waals surface area (Å²) >= 11 is 0. The summed E-state index contributed by atoms with van der Waals surface area (Å²) in [7, 11) is -1.70. The van der Waals surface area contributed by atoms with E-state index in [1.807, 2.05) is 0 Å². The van der Waals surface area contributed by atoms with Crippen LogP contribution >= 0.6 is 0 Å². The summed E-state index contributed by atoms with van der Waals surface area (Å²) in [5.74, 6) is 0. The number of sulfonamides is 1. The van der Waals surface area contributed by atoms with E-state index in [1.54, 1.807) is 22.1 Å². The van der Waals surface area contributed by atoms with Crippen molar-refractivity contribution in [2.45, 2.75) is 50.2 Å². The lowest BCUT2D eigenvalue weighted by Gasteiger charge is -2.34. The van der Waals surface area contributed by atoms with Gasteiger partial charge in [0, 0.05) is 38.4 Å². The molecule has 0 amide bonds. The van der Waals surface area contributed by atoms with E-state index in [9.17, 15) is 8.42 Å². The molecule has 6 nitrogen and oxygen atoms in total. The van der Waals surface area contributed by atoms with Crippen LogP contribution in [0.4, 0.5) is 0 Å². The second kappa shape index (κ2) is 6.24. The van der Waals surface area contributed by atoms with Crippen molar-refractivity contribution in [3.8, 4) is 0 Å². The van der Waals surface area contributed by atoms with Crippen LogP contribution in [0, 0.1) is 0 Å². The number of aryl methyl sites for hydroxylation is 1. The van der Waals surface area contributed by atoms with Crippen LogP contribution in [-0.4, -0.2) is 47.4 Å². The van der Waals surface area contributed by atoms with Crippen LogP contribution in [-0.2, 0) is 17.1 Å². The molecule has 1 aliphatic rings. The summed E-state index contributed by atoms with van der Waals surface area (Å²) in [6, 6.07) is 0.384. The minimum Gasteiger partial charge on any atom is -0.339 e. The van der Waals surface area contributed by atoms with E-state index in [0.29, 0.717) is 19.1 Å². The number of nitrogens with one attached hydrogen (secondary N) is 1. The van der Waals surface area contributed by atoms with Crippen molar-refractivity contribution in [1.29, 1.82) is 0 Å². The molecule has 7 heteroatoms. The predicted molar refractivity (Wildman–Crippen MR) is 77.9 cm³/mol. The van der Waals surface area contributed by atoms with Gasteiger partial charge >= 0.3 is 0 Å². The van der Waals surface area contributed by atoms with Crippen LogP contribution in [0.3, 0.4) is 0 Å². The van der Waals surface area contributed by atoms with Gasteiger partial charge in [-0.2, -0.15) is 4.31 Å². The van der Waals surface area contributed by atoms with E-state index >= 15 is 0 Å². The zero-order valence-corrected chi connectivity index (χ0v) is 13.2. The van der Waals surface area contributed by atoms with Crippen molar-refractivity contribution < 1.29 is 8.42 Å². The Balaban J connectivity index is 2.18. The van der Waals surface area contributed by atoms with Crippen LogP contribution in [0.5, 0.6) is 0 Å². The molecule has 0 spiro atoms. The van der Waals surface area contributed by atoms with E-state index in [4.69, 9.17) is 0 Å². The average Bonchev–Trinajstić information content (AvgIpc) is 2.84. The molecule has 1 aromatic heterocycles. The first-order valence-electron chi connectivity index (χ1n) is 7.14. The van der Waals surface area contributed by atoms with Gasteiger partial charge in [0.05, 0.1) is 6.33 Å². The average molecular weight is 300 g/mol. The summed E-state index contributed by atoms with van der Waals surface area (Å²) in [6.45, 7) is 5.42. The molecule has 0 saturated carbocycles. The van der Waals surface area contributed by atoms with Gasteiger partial charge in [0.2, 0.25) is 0 Å². The molecule has 0 aliphatic carbocycles. The number of hydrogen-bond acceptors (Lipinski definition) is 4. The Hall–Kier alpha value is -0.920. The van der Waals surface area contributed by atoms with Gasteiger partial charge in [0.1, 0.15) is 0 Å². The highest BCUT2D eigenvalue weighted by Crippen LogP contribution is 2.24. The number of nitrogens with zero attached hydrogens (tertiary/aromatic N) is 3. The normalized spacial score (nSPS) is 21.5. The van der Waals surface area contributed by atoms with E-state index < -0.39 is 10.0 Å². The van der Waals surface area contributed by atoms with Crippen LogP contribution < -0.4 is 5.32 Å². The van der Waals surface area contributed by atoms with Crippen molar-refractivity contribution in [3.63, 3.8) is 0 Å². The van der Waals surface area contributed by atoms with Crippen LogP contribution in [0.15, 0.2) is 17.6 Å². The van der Waals surface area contributed by atoms with Crippen molar-refractivity contribution in [2.75, 3.05) is 13.1 Å². The standard InChI is InChI=1S/C13H24N4O2S/c1-11(2)14-8-12-6-4-5-7-17(12)20(18,19)13-9-16(3)10-15-13/h9-12,14H,4-8H2,1-3H3. The molecule has 1 aromatic rings. The van der Waals surface area contributed by atoms with Crippen molar-refractivity contribution in [2.24, 2.45) is 7.05 Å². The van der Waals surface area contributed by atoms with E-state index in [2.05, 4.69) is 24.1 Å². The third-order valence-corrected chi connectivity index (χ3v) is 5.43. The van der Waals surface area contributed by atoms with E-state index in [1.165, 1.54) is 6.33 Å². The topological polar surface area (TPSA) is 67.2 Å². The zero-order valence-electron chi connectivity index (χ0n) is 12.4. The second-order valence-electron chi connectivity index (χ2n) is 5.71. The minimum absolute atomic E-state index is 0.0261. The van der Waals surface area contributed by atoms with Gasteiger partial charge in [0.15, 0.2) is 5.03 Å². The maximum absolute atomic E-state index is 12.7. The molecule has 20 heavy (non-hydrogen) atoms. The third-order valence-electron chi connectivity index (χ3n) is 3.59. The quantitative estimate of drug-likeness (QED) is 0.879. The lowest BCUT2D eigenvalue weighted by atomic mass is 10.0. The SMILES string of the molecule is CC(C)NCC1CCCCN1S(=O)(=O)c1cn(C)cn1. The Labute approximate surface area is 121 Å². The Kier molecular flexibility index (Phi) is 4.82. The first-order chi connectivity index (χ1) is 9.41. The second-order valence-corrected chi connectivity index (χ2v) is 7.54. The molecule has 1 fully saturated rings. The molecule has 1 saturated heterocycles. The number of hydrogen-bond donors (Lipinski definition) is 1. The van der Waals surface area contributed by atoms with Gasteiger partial charge in [-0.1, -0.05) is 20.3 Å². The van der Waals surface area contributed by atoms with Gasteiger partial charge in [-0.3, -0.25) is 0 Å². The molecule has 114 valence electrons. The molecule has 1 aliphatic heterocycles. The summed E-state index contributed by atoms with van der Waals surface area (Å²) in [5, 5.41) is 3.49. The largest absolute Gasteiger partial charge is 0.339 e. The highest BCUT2D eigenvalue weighted by molar-refractivity contribution is 7.89. The summed E-state index contributed by atoms with van der Waals surface area (Å²) < 4.78 is 28.6. The molecule has 1 unspecified atom stereocenters. The molecule has 0 bridgehead atoms. The van der Waals surface area contributed by atoms with Gasteiger partial charge in [-0.05, 0) is 12.8 Å². The molecule has 0 aromatic carbocycles. The summed E-state index contributed by atoms with van der Waals surface area (Å²) in [6.07, 6.45) is 6.00. The van der Waals surface area contributed by atoms with Crippen LogP contribution in [0.1, 0.15) is 33.1 Å². The fourth-order valence-corrected chi connectivity index (χ4v) is 4.17. The lowest BCUT2D eigenvalue weighted by molar-refractivity contribution is 0.241. The zero-order chi connectivity index (χ0) is 14.8. The molecule has 2 rings (SSSR count). The monoisotopic (exact) mass is 300 g/mol. The lowest BCUT2D eigenvalue weighted by Crippen LogP contribution is -2.49. The number of piperidine rings is 1. The highest BCUT2D eigenvalue weighted by Gasteiger charge is 2.34. The Morgan fingerprint density at radius 2 is 2.20 bits per heavy atom. The predicted octanol–water partition coefficient (Wildman–Crippen LogP) is 0.961. The van der Waals surface area contributed by atoms with Gasteiger partial charge in [-0.25, -0.2) is 13.4 Å². The molecule has 0 radical (unpaired) electrons. The van der Waals surface area contributed by atoms with Crippen molar-refractivity contribution in [3.05, 3.63) is 12.5 Å². The van der Waals surface area contributed by atoms with Gasteiger partial charge in [-0.15, -0.1) is 0 Å². The minimum atomic E-state index is -3.48. The Morgan fingerprint density at radius 3 is 2.80 bits per heavy atom. The molecule has 2 heterocycles. The maximum atomic E-state index is 12.7. The van der Waals surface area contributed by atoms with Gasteiger partial charge < -0.3 is 9.88 Å². The Morgan fingerprint density at radius 1 is 1.45 bits per heavy atom. The third kappa shape index (κ3) is 3.39. The first-order valence-corrected chi connectivity index (χ1v) is 8.58. The summed E-state index contributed by atoms with van der Waals surface area (Å²) in [5.41, 5.74) is 0. The highest BCUT2D eigenvalue weighted by atomic mass is 32.2. The molecule has 1 N–H and O–H groups in total. The molecular weight excluding hydrogens is 276 g/mol. The molecule has 1 atom stereocenters. The Bertz CT molecular complexity index is 538. The van der Waals surface area contributed by atoms with Crippen molar-refractivity contribution in [1.82, 2.24) is 19.2 Å². The van der Waals surface area contributed by atoms with Crippen LogP contribution in [0.25, 0.3) is 0 Å². The molecular formula is C13H24N4O2S.